The van der Waals surface area contributed by atoms with Crippen LogP contribution in [0.25, 0.3) is 70.7 Å². The molecule has 0 amide bonds. The molecule has 5 aromatic carbocycles. The van der Waals surface area contributed by atoms with Crippen molar-refractivity contribution in [2.75, 3.05) is 0 Å². The van der Waals surface area contributed by atoms with Gasteiger partial charge in [-0.15, -0.1) is 0 Å². The maximum atomic E-state index is 5.20. The first-order chi connectivity index (χ1) is 15.4. The monoisotopic (exact) mass is 392 g/mol. The molecule has 31 heavy (non-hydrogen) atoms. The lowest BCUT2D eigenvalue weighted by molar-refractivity contribution is 1.33. The summed E-state index contributed by atoms with van der Waals surface area (Å²) in [7, 11) is 0. The molecule has 0 spiro atoms. The Kier molecular flexibility index (Phi) is 2.67. The highest BCUT2D eigenvalue weighted by atomic mass is 14.9. The summed E-state index contributed by atoms with van der Waals surface area (Å²) in [4.78, 5) is 5.20. The predicted molar refractivity (Wildman–Crippen MR) is 131 cm³/mol. The van der Waals surface area contributed by atoms with Crippen LogP contribution >= 0.6 is 0 Å². The average Bonchev–Trinajstić information content (AvgIpc) is 3.17. The molecule has 0 aliphatic rings. The summed E-state index contributed by atoms with van der Waals surface area (Å²) in [5, 5.41) is 10.2. The van der Waals surface area contributed by atoms with Crippen LogP contribution in [0.2, 0.25) is 0 Å². The summed E-state index contributed by atoms with van der Waals surface area (Å²) in [6.07, 6.45) is 0. The molecule has 0 unspecified atom stereocenters. The lowest BCUT2D eigenvalue weighted by Gasteiger charge is -2.15. The minimum atomic E-state index is 1.04. The van der Waals surface area contributed by atoms with Crippen molar-refractivity contribution in [2.45, 2.75) is 0 Å². The first-order valence-electron chi connectivity index (χ1n) is 10.7. The third-order valence-corrected chi connectivity index (χ3v) is 6.86. The number of hydrogen-bond acceptors (Lipinski definition) is 1. The highest BCUT2D eigenvalue weighted by Crippen LogP contribution is 2.43. The fraction of sp³-hybridized carbons (Fsp3) is 0. The molecule has 8 rings (SSSR count). The smallest absolute Gasteiger partial charge is 0.0957 e. The van der Waals surface area contributed by atoms with Gasteiger partial charge in [-0.1, -0.05) is 72.8 Å². The molecule has 0 N–H and O–H groups in total. The van der Waals surface area contributed by atoms with E-state index in [1.165, 1.54) is 59.6 Å². The van der Waals surface area contributed by atoms with E-state index in [0.29, 0.717) is 0 Å². The lowest BCUT2D eigenvalue weighted by Crippen LogP contribution is -1.95. The maximum Gasteiger partial charge on any atom is 0.0957 e. The number of hydrogen-bond donors (Lipinski definition) is 0. The van der Waals surface area contributed by atoms with Gasteiger partial charge in [-0.05, 0) is 40.4 Å². The van der Waals surface area contributed by atoms with Crippen molar-refractivity contribution in [3.8, 4) is 0 Å². The average molecular weight is 392 g/mol. The Morgan fingerprint density at radius 1 is 0.516 bits per heavy atom. The molecule has 0 atom stereocenters. The molecule has 0 saturated carbocycles. The molecule has 0 saturated heterocycles. The zero-order valence-corrected chi connectivity index (χ0v) is 16.6. The van der Waals surface area contributed by atoms with Crippen LogP contribution in [0.15, 0.2) is 97.1 Å². The van der Waals surface area contributed by atoms with E-state index in [2.05, 4.69) is 101 Å². The fourth-order valence-electron chi connectivity index (χ4n) is 5.56. The standard InChI is InChI=1S/C29H16N2/c1-3-9-19-17(7-1)15-23-27-21(19)13-14-22-20-10-4-6-12-25(20)31(29(22)27)26-16-18-8-2-5-11-24(18)30-28(23)26/h1-16H. The summed E-state index contributed by atoms with van der Waals surface area (Å²) in [6.45, 7) is 0. The molecule has 3 heterocycles. The SMILES string of the molecule is c1ccc2nc3c4cc5ccccc5c5ccc6c7ccccc7n(c3cc2c1)c6c54. The second-order valence-electron chi connectivity index (χ2n) is 8.43. The molecule has 0 radical (unpaired) electrons. The zero-order valence-electron chi connectivity index (χ0n) is 16.6. The van der Waals surface area contributed by atoms with E-state index in [-0.39, 0.29) is 0 Å². The van der Waals surface area contributed by atoms with E-state index in [4.69, 9.17) is 4.98 Å². The van der Waals surface area contributed by atoms with Gasteiger partial charge in [0.2, 0.25) is 0 Å². The van der Waals surface area contributed by atoms with Crippen molar-refractivity contribution in [3.05, 3.63) is 97.1 Å². The van der Waals surface area contributed by atoms with E-state index < -0.39 is 0 Å². The van der Waals surface area contributed by atoms with Gasteiger partial charge in [0.15, 0.2) is 0 Å². The van der Waals surface area contributed by atoms with Gasteiger partial charge >= 0.3 is 0 Å². The Morgan fingerprint density at radius 2 is 1.26 bits per heavy atom. The summed E-state index contributed by atoms with van der Waals surface area (Å²) >= 11 is 0. The van der Waals surface area contributed by atoms with Crippen LogP contribution in [-0.2, 0) is 0 Å². The first kappa shape index (κ1) is 15.6. The van der Waals surface area contributed by atoms with E-state index in [1.54, 1.807) is 0 Å². The zero-order chi connectivity index (χ0) is 20.1. The molecule has 0 fully saturated rings. The summed E-state index contributed by atoms with van der Waals surface area (Å²) in [5.41, 5.74) is 5.80. The third kappa shape index (κ3) is 1.82. The van der Waals surface area contributed by atoms with Gasteiger partial charge < -0.3 is 4.40 Å². The number of rotatable bonds is 0. The van der Waals surface area contributed by atoms with Crippen LogP contribution in [0.1, 0.15) is 0 Å². The van der Waals surface area contributed by atoms with Gasteiger partial charge in [-0.2, -0.15) is 0 Å². The Bertz CT molecular complexity index is 1980. The van der Waals surface area contributed by atoms with E-state index >= 15 is 0 Å². The number of nitrogens with zero attached hydrogens (tertiary/aromatic N) is 2. The normalized spacial score (nSPS) is 12.5. The number of para-hydroxylation sites is 2. The van der Waals surface area contributed by atoms with E-state index in [1.807, 2.05) is 0 Å². The number of fused-ring (bicyclic) bond motifs is 9. The largest absolute Gasteiger partial charge is 0.306 e. The van der Waals surface area contributed by atoms with Crippen molar-refractivity contribution < 1.29 is 0 Å². The Hall–Kier alpha value is -4.17. The second kappa shape index (κ2) is 5.30. The van der Waals surface area contributed by atoms with Crippen molar-refractivity contribution >= 4 is 70.7 Å². The fourth-order valence-corrected chi connectivity index (χ4v) is 5.56. The van der Waals surface area contributed by atoms with Crippen molar-refractivity contribution in [1.29, 1.82) is 0 Å². The Balaban J connectivity index is 1.83. The molecule has 2 nitrogen and oxygen atoms in total. The lowest BCUT2D eigenvalue weighted by atomic mass is 9.95. The van der Waals surface area contributed by atoms with Crippen LogP contribution in [0.5, 0.6) is 0 Å². The summed E-state index contributed by atoms with van der Waals surface area (Å²) < 4.78 is 2.43. The highest BCUT2D eigenvalue weighted by Gasteiger charge is 2.20. The molecule has 0 bridgehead atoms. The summed E-state index contributed by atoms with van der Waals surface area (Å²) in [5.74, 6) is 0. The Labute approximate surface area is 177 Å². The number of pyridine rings is 2. The van der Waals surface area contributed by atoms with Gasteiger partial charge in [0.05, 0.1) is 27.6 Å². The second-order valence-corrected chi connectivity index (χ2v) is 8.43. The number of aromatic nitrogens is 2. The minimum Gasteiger partial charge on any atom is -0.306 e. The molecule has 8 aromatic rings. The van der Waals surface area contributed by atoms with Crippen LogP contribution in [0, 0.1) is 0 Å². The van der Waals surface area contributed by atoms with Crippen molar-refractivity contribution in [2.24, 2.45) is 0 Å². The Morgan fingerprint density at radius 3 is 2.19 bits per heavy atom. The van der Waals surface area contributed by atoms with E-state index in [9.17, 15) is 0 Å². The van der Waals surface area contributed by atoms with Crippen LogP contribution in [0.4, 0.5) is 0 Å². The topological polar surface area (TPSA) is 17.3 Å². The molecule has 2 heteroatoms. The van der Waals surface area contributed by atoms with Gasteiger partial charge in [-0.3, -0.25) is 0 Å². The van der Waals surface area contributed by atoms with Gasteiger partial charge in [0.1, 0.15) is 0 Å². The predicted octanol–water partition coefficient (Wildman–Crippen LogP) is 7.69. The molecule has 0 aliphatic heterocycles. The molecule has 142 valence electrons. The van der Waals surface area contributed by atoms with Crippen LogP contribution in [-0.4, -0.2) is 9.38 Å². The maximum absolute atomic E-state index is 5.20. The third-order valence-electron chi connectivity index (χ3n) is 6.86. The highest BCUT2D eigenvalue weighted by molar-refractivity contribution is 6.32. The molecule has 0 aliphatic carbocycles. The first-order valence-corrected chi connectivity index (χ1v) is 10.7. The van der Waals surface area contributed by atoms with Gasteiger partial charge in [-0.25, -0.2) is 4.98 Å². The molecular weight excluding hydrogens is 376 g/mol. The van der Waals surface area contributed by atoms with Crippen LogP contribution < -0.4 is 0 Å². The minimum absolute atomic E-state index is 1.04. The van der Waals surface area contributed by atoms with Gasteiger partial charge in [0.25, 0.3) is 0 Å². The van der Waals surface area contributed by atoms with E-state index in [0.717, 1.165) is 11.0 Å². The van der Waals surface area contributed by atoms with Crippen LogP contribution in [0.3, 0.4) is 0 Å². The van der Waals surface area contributed by atoms with Crippen molar-refractivity contribution in [1.82, 2.24) is 9.38 Å². The summed E-state index contributed by atoms with van der Waals surface area (Å²) in [6, 6.07) is 35.1. The molecular formula is C29H16N2. The van der Waals surface area contributed by atoms with Gasteiger partial charge in [0, 0.05) is 26.9 Å². The number of benzene rings is 5. The molecule has 3 aromatic heterocycles. The quantitative estimate of drug-likeness (QED) is 0.191. The van der Waals surface area contributed by atoms with Crippen molar-refractivity contribution in [3.63, 3.8) is 0 Å².